The highest BCUT2D eigenvalue weighted by Crippen LogP contribution is 2.37. The average molecular weight is 397 g/mol. The van der Waals surface area contributed by atoms with Gasteiger partial charge in [-0.05, 0) is 42.7 Å². The molecule has 0 aliphatic rings. The third-order valence-electron chi connectivity index (χ3n) is 5.36. The van der Waals surface area contributed by atoms with Gasteiger partial charge >= 0.3 is 0 Å². The van der Waals surface area contributed by atoms with Gasteiger partial charge in [-0.1, -0.05) is 36.4 Å². The van der Waals surface area contributed by atoms with Crippen LogP contribution in [0, 0.1) is 0 Å². The molecule has 0 fully saturated rings. The Kier molecular flexibility index (Phi) is 3.67. The molecule has 4 heteroatoms. The lowest BCUT2D eigenvalue weighted by atomic mass is 10.0. The molecule has 0 spiro atoms. The van der Waals surface area contributed by atoms with Crippen LogP contribution in [-0.2, 0) is 12.8 Å². The van der Waals surface area contributed by atoms with Gasteiger partial charge < -0.3 is 0 Å². The first-order valence-corrected chi connectivity index (χ1v) is 11.0. The number of hydrogen-bond acceptors (Lipinski definition) is 4. The number of aryl methyl sites for hydroxylation is 2. The van der Waals surface area contributed by atoms with Crippen LogP contribution in [0.3, 0.4) is 0 Å². The van der Waals surface area contributed by atoms with E-state index < -0.39 is 0 Å². The van der Waals surface area contributed by atoms with Crippen LogP contribution in [0.1, 0.15) is 11.3 Å². The van der Waals surface area contributed by atoms with E-state index in [1.807, 2.05) is 29.8 Å². The molecule has 2 aromatic carbocycles. The number of benzene rings is 2. The first-order valence-electron chi connectivity index (χ1n) is 9.39. The fraction of sp³-hybridized carbons (Fsp3) is 0.0833. The standard InChI is InChI=1S/C24H16N2S2/c1-2-9-21-16(6-1)18-12-14-25-20(23(18)27-21)11-10-15-5-3-7-17-19-8-4-13-26-24(19)28-22(15)17/h1-9,12-14H,10-11H2. The van der Waals surface area contributed by atoms with E-state index in [9.17, 15) is 0 Å². The van der Waals surface area contributed by atoms with Crippen molar-refractivity contribution < 1.29 is 0 Å². The zero-order chi connectivity index (χ0) is 18.5. The first kappa shape index (κ1) is 16.2. The summed E-state index contributed by atoms with van der Waals surface area (Å²) in [7, 11) is 0. The van der Waals surface area contributed by atoms with Crippen LogP contribution in [0.5, 0.6) is 0 Å². The lowest BCUT2D eigenvalue weighted by molar-refractivity contribution is 0.936. The zero-order valence-corrected chi connectivity index (χ0v) is 16.7. The maximum absolute atomic E-state index is 4.74. The molecule has 0 radical (unpaired) electrons. The highest BCUT2D eigenvalue weighted by atomic mass is 32.1. The van der Waals surface area contributed by atoms with E-state index in [1.165, 1.54) is 46.9 Å². The van der Waals surface area contributed by atoms with Gasteiger partial charge in [0.15, 0.2) is 0 Å². The smallest absolute Gasteiger partial charge is 0.124 e. The first-order chi connectivity index (χ1) is 13.9. The molecule has 0 N–H and O–H groups in total. The lowest BCUT2D eigenvalue weighted by Crippen LogP contribution is -1.94. The quantitative estimate of drug-likeness (QED) is 0.322. The van der Waals surface area contributed by atoms with Gasteiger partial charge in [0.2, 0.25) is 0 Å². The minimum Gasteiger partial charge on any atom is -0.260 e. The second-order valence-electron chi connectivity index (χ2n) is 6.98. The van der Waals surface area contributed by atoms with Crippen LogP contribution in [-0.4, -0.2) is 9.97 Å². The van der Waals surface area contributed by atoms with E-state index in [0.29, 0.717) is 0 Å². The summed E-state index contributed by atoms with van der Waals surface area (Å²) in [4.78, 5) is 10.4. The largest absolute Gasteiger partial charge is 0.260 e. The molecule has 2 nitrogen and oxygen atoms in total. The summed E-state index contributed by atoms with van der Waals surface area (Å²) in [6.07, 6.45) is 5.78. The summed E-state index contributed by atoms with van der Waals surface area (Å²) in [5.41, 5.74) is 2.59. The molecule has 0 saturated carbocycles. The maximum Gasteiger partial charge on any atom is 0.124 e. The normalized spacial score (nSPS) is 11.9. The number of aromatic nitrogens is 2. The molecular weight excluding hydrogens is 380 g/mol. The average Bonchev–Trinajstić information content (AvgIpc) is 3.31. The Bertz CT molecular complexity index is 1360. The van der Waals surface area contributed by atoms with Gasteiger partial charge in [-0.25, -0.2) is 4.98 Å². The minimum atomic E-state index is 0.949. The van der Waals surface area contributed by atoms with Crippen LogP contribution in [0.2, 0.25) is 0 Å². The van der Waals surface area contributed by atoms with E-state index in [1.54, 1.807) is 11.3 Å². The molecule has 4 heterocycles. The van der Waals surface area contributed by atoms with Crippen molar-refractivity contribution in [2.75, 3.05) is 0 Å². The highest BCUT2D eigenvalue weighted by molar-refractivity contribution is 7.26. The molecule has 28 heavy (non-hydrogen) atoms. The molecular formula is C24H16N2S2. The Morgan fingerprint density at radius 1 is 0.607 bits per heavy atom. The van der Waals surface area contributed by atoms with Crippen molar-refractivity contribution in [2.24, 2.45) is 0 Å². The number of fused-ring (bicyclic) bond motifs is 6. The topological polar surface area (TPSA) is 25.8 Å². The van der Waals surface area contributed by atoms with Crippen molar-refractivity contribution >= 4 is 63.1 Å². The number of nitrogens with zero attached hydrogens (tertiary/aromatic N) is 2. The van der Waals surface area contributed by atoms with Crippen molar-refractivity contribution in [1.82, 2.24) is 9.97 Å². The fourth-order valence-electron chi connectivity index (χ4n) is 4.02. The number of rotatable bonds is 3. The van der Waals surface area contributed by atoms with Crippen molar-refractivity contribution in [3.05, 3.63) is 84.3 Å². The van der Waals surface area contributed by atoms with Crippen LogP contribution in [0.25, 0.3) is 40.5 Å². The Morgan fingerprint density at radius 3 is 2.46 bits per heavy atom. The van der Waals surface area contributed by atoms with Crippen LogP contribution in [0.4, 0.5) is 0 Å². The van der Waals surface area contributed by atoms with Crippen molar-refractivity contribution in [2.45, 2.75) is 12.8 Å². The monoisotopic (exact) mass is 396 g/mol. The van der Waals surface area contributed by atoms with Crippen molar-refractivity contribution in [3.63, 3.8) is 0 Å². The molecule has 6 rings (SSSR count). The van der Waals surface area contributed by atoms with Gasteiger partial charge in [-0.15, -0.1) is 22.7 Å². The van der Waals surface area contributed by atoms with Crippen LogP contribution in [0.15, 0.2) is 73.1 Å². The predicted molar refractivity (Wildman–Crippen MR) is 122 cm³/mol. The zero-order valence-electron chi connectivity index (χ0n) is 15.1. The third kappa shape index (κ3) is 2.45. The second-order valence-corrected chi connectivity index (χ2v) is 9.04. The van der Waals surface area contributed by atoms with Crippen LogP contribution >= 0.6 is 22.7 Å². The molecule has 4 aromatic heterocycles. The van der Waals surface area contributed by atoms with E-state index >= 15 is 0 Å². The van der Waals surface area contributed by atoms with Gasteiger partial charge in [0.1, 0.15) is 4.83 Å². The van der Waals surface area contributed by atoms with E-state index in [-0.39, 0.29) is 0 Å². The number of thiophene rings is 2. The molecule has 0 saturated heterocycles. The molecule has 0 aliphatic carbocycles. The van der Waals surface area contributed by atoms with Gasteiger partial charge in [0, 0.05) is 43.3 Å². The Morgan fingerprint density at radius 2 is 1.46 bits per heavy atom. The van der Waals surface area contributed by atoms with Crippen molar-refractivity contribution in [1.29, 1.82) is 0 Å². The third-order valence-corrected chi connectivity index (χ3v) is 7.80. The van der Waals surface area contributed by atoms with Gasteiger partial charge in [-0.2, -0.15) is 0 Å². The summed E-state index contributed by atoms with van der Waals surface area (Å²) in [6, 6.07) is 21.6. The maximum atomic E-state index is 4.74. The summed E-state index contributed by atoms with van der Waals surface area (Å²) in [6.45, 7) is 0. The Balaban J connectivity index is 1.43. The molecule has 0 bridgehead atoms. The molecule has 0 unspecified atom stereocenters. The molecule has 0 amide bonds. The van der Waals surface area contributed by atoms with Gasteiger partial charge in [0.25, 0.3) is 0 Å². The molecule has 6 aromatic rings. The van der Waals surface area contributed by atoms with E-state index in [2.05, 4.69) is 59.6 Å². The van der Waals surface area contributed by atoms with Gasteiger partial charge in [0.05, 0.1) is 10.4 Å². The summed E-state index contributed by atoms with van der Waals surface area (Å²) in [5.74, 6) is 0. The van der Waals surface area contributed by atoms with E-state index in [4.69, 9.17) is 4.98 Å². The Labute approximate surface area is 170 Å². The molecule has 134 valence electrons. The minimum absolute atomic E-state index is 0.949. The van der Waals surface area contributed by atoms with Crippen LogP contribution < -0.4 is 0 Å². The summed E-state index contributed by atoms with van der Waals surface area (Å²) in [5, 5.41) is 5.24. The molecule has 0 atom stereocenters. The summed E-state index contributed by atoms with van der Waals surface area (Å²) < 4.78 is 4.03. The van der Waals surface area contributed by atoms with Gasteiger partial charge in [-0.3, -0.25) is 4.98 Å². The summed E-state index contributed by atoms with van der Waals surface area (Å²) >= 11 is 3.66. The SMILES string of the molecule is c1ccc2c(c1)sc1c(CCc3cccc4c3sc3ncccc34)nccc12. The predicted octanol–water partition coefficient (Wildman–Crippen LogP) is 7.00. The van der Waals surface area contributed by atoms with Crippen molar-refractivity contribution in [3.8, 4) is 0 Å². The van der Waals surface area contributed by atoms with E-state index in [0.717, 1.165) is 17.7 Å². The lowest BCUT2D eigenvalue weighted by Gasteiger charge is -2.04. The Hall–Kier alpha value is -2.82. The molecule has 0 aliphatic heterocycles. The number of hydrogen-bond donors (Lipinski definition) is 0. The highest BCUT2D eigenvalue weighted by Gasteiger charge is 2.12. The number of pyridine rings is 2. The second kappa shape index (κ2) is 6.36. The fourth-order valence-corrected chi connectivity index (χ4v) is 6.42.